The highest BCUT2D eigenvalue weighted by Crippen LogP contribution is 2.33. The van der Waals surface area contributed by atoms with E-state index in [1.807, 2.05) is 0 Å². The SMILES string of the molecule is NC1(C(=O)NC(C(=O)O)C2CC2)CCOCC1. The van der Waals surface area contributed by atoms with Gasteiger partial charge in [0, 0.05) is 13.2 Å². The number of rotatable bonds is 4. The number of ether oxygens (including phenoxy) is 1. The molecule has 1 saturated carbocycles. The molecule has 1 atom stereocenters. The highest BCUT2D eigenvalue weighted by Gasteiger charge is 2.42. The van der Waals surface area contributed by atoms with Crippen LogP contribution in [0.25, 0.3) is 0 Å². The van der Waals surface area contributed by atoms with Crippen molar-refractivity contribution in [3.8, 4) is 0 Å². The molecule has 1 heterocycles. The quantitative estimate of drug-likeness (QED) is 0.615. The third kappa shape index (κ3) is 2.76. The van der Waals surface area contributed by atoms with Crippen molar-refractivity contribution < 1.29 is 19.4 Å². The van der Waals surface area contributed by atoms with Crippen LogP contribution in [0.15, 0.2) is 0 Å². The Hall–Kier alpha value is -1.14. The van der Waals surface area contributed by atoms with Crippen molar-refractivity contribution in [1.82, 2.24) is 5.32 Å². The van der Waals surface area contributed by atoms with Crippen LogP contribution >= 0.6 is 0 Å². The first-order chi connectivity index (χ1) is 8.03. The van der Waals surface area contributed by atoms with Crippen molar-refractivity contribution in [2.24, 2.45) is 11.7 Å². The van der Waals surface area contributed by atoms with Crippen molar-refractivity contribution >= 4 is 11.9 Å². The Labute approximate surface area is 99.5 Å². The first-order valence-electron chi connectivity index (χ1n) is 5.93. The minimum absolute atomic E-state index is 0.0693. The molecule has 1 aliphatic carbocycles. The molecular weight excluding hydrogens is 224 g/mol. The number of hydrogen-bond acceptors (Lipinski definition) is 4. The molecule has 4 N–H and O–H groups in total. The topological polar surface area (TPSA) is 102 Å². The minimum atomic E-state index is -0.975. The largest absolute Gasteiger partial charge is 0.480 e. The molecule has 1 unspecified atom stereocenters. The molecule has 17 heavy (non-hydrogen) atoms. The third-order valence-corrected chi connectivity index (χ3v) is 3.48. The summed E-state index contributed by atoms with van der Waals surface area (Å²) in [5.41, 5.74) is 5.02. The van der Waals surface area contributed by atoms with Crippen LogP contribution in [0.1, 0.15) is 25.7 Å². The second-order valence-corrected chi connectivity index (χ2v) is 4.90. The normalized spacial score (nSPS) is 25.0. The van der Waals surface area contributed by atoms with Gasteiger partial charge in [0.25, 0.3) is 0 Å². The van der Waals surface area contributed by atoms with Crippen LogP contribution in [0.2, 0.25) is 0 Å². The van der Waals surface area contributed by atoms with Crippen LogP contribution in [0, 0.1) is 5.92 Å². The minimum Gasteiger partial charge on any atom is -0.480 e. The fraction of sp³-hybridized carbons (Fsp3) is 0.818. The number of amides is 1. The molecule has 0 aromatic carbocycles. The zero-order valence-electron chi connectivity index (χ0n) is 9.65. The van der Waals surface area contributed by atoms with Gasteiger partial charge in [-0.3, -0.25) is 4.79 Å². The Kier molecular flexibility index (Phi) is 3.35. The van der Waals surface area contributed by atoms with Gasteiger partial charge in [-0.2, -0.15) is 0 Å². The number of aliphatic carboxylic acids is 1. The van der Waals surface area contributed by atoms with E-state index in [1.54, 1.807) is 0 Å². The second kappa shape index (κ2) is 4.62. The number of nitrogens with two attached hydrogens (primary N) is 1. The summed E-state index contributed by atoms with van der Waals surface area (Å²) in [5, 5.41) is 11.6. The molecule has 0 bridgehead atoms. The van der Waals surface area contributed by atoms with E-state index in [2.05, 4.69) is 5.32 Å². The zero-order valence-corrected chi connectivity index (χ0v) is 9.65. The van der Waals surface area contributed by atoms with Gasteiger partial charge in [-0.05, 0) is 31.6 Å². The maximum absolute atomic E-state index is 12.0. The Balaban J connectivity index is 1.96. The van der Waals surface area contributed by atoms with Gasteiger partial charge in [0.15, 0.2) is 0 Å². The van der Waals surface area contributed by atoms with Crippen molar-refractivity contribution in [3.63, 3.8) is 0 Å². The van der Waals surface area contributed by atoms with Crippen LogP contribution < -0.4 is 11.1 Å². The molecule has 0 aromatic rings. The maximum atomic E-state index is 12.0. The van der Waals surface area contributed by atoms with Crippen LogP contribution in [0.3, 0.4) is 0 Å². The lowest BCUT2D eigenvalue weighted by molar-refractivity contribution is -0.144. The molecule has 1 aliphatic heterocycles. The lowest BCUT2D eigenvalue weighted by Gasteiger charge is -2.32. The van der Waals surface area contributed by atoms with Crippen LogP contribution in [-0.4, -0.2) is 41.8 Å². The Morgan fingerprint density at radius 1 is 1.35 bits per heavy atom. The van der Waals surface area contributed by atoms with Crippen LogP contribution in [0.5, 0.6) is 0 Å². The van der Waals surface area contributed by atoms with Gasteiger partial charge in [0.2, 0.25) is 5.91 Å². The van der Waals surface area contributed by atoms with Gasteiger partial charge < -0.3 is 20.9 Å². The van der Waals surface area contributed by atoms with Crippen molar-refractivity contribution in [1.29, 1.82) is 0 Å². The fourth-order valence-electron chi connectivity index (χ4n) is 2.06. The number of carboxylic acids is 1. The number of carbonyl (C=O) groups is 2. The van der Waals surface area contributed by atoms with E-state index in [1.165, 1.54) is 0 Å². The van der Waals surface area contributed by atoms with Gasteiger partial charge in [0.1, 0.15) is 6.04 Å². The lowest BCUT2D eigenvalue weighted by atomic mass is 9.90. The number of carbonyl (C=O) groups excluding carboxylic acids is 1. The molecule has 2 rings (SSSR count). The van der Waals surface area contributed by atoms with E-state index < -0.39 is 17.6 Å². The molecule has 96 valence electrons. The Morgan fingerprint density at radius 2 is 1.94 bits per heavy atom. The number of carboxylic acid groups (broad SMARTS) is 1. The highest BCUT2D eigenvalue weighted by molar-refractivity contribution is 5.90. The summed E-state index contributed by atoms with van der Waals surface area (Å²) >= 11 is 0. The molecule has 2 aliphatic rings. The van der Waals surface area contributed by atoms with Crippen molar-refractivity contribution in [2.45, 2.75) is 37.3 Å². The maximum Gasteiger partial charge on any atom is 0.326 e. The number of nitrogens with one attached hydrogen (secondary N) is 1. The molecule has 1 amide bonds. The van der Waals surface area contributed by atoms with Gasteiger partial charge in [-0.25, -0.2) is 4.79 Å². The summed E-state index contributed by atoms with van der Waals surface area (Å²) in [7, 11) is 0. The van der Waals surface area contributed by atoms with E-state index in [0.717, 1.165) is 12.8 Å². The molecule has 0 radical (unpaired) electrons. The molecule has 1 saturated heterocycles. The van der Waals surface area contributed by atoms with Crippen LogP contribution in [-0.2, 0) is 14.3 Å². The average Bonchev–Trinajstić information content (AvgIpc) is 3.10. The molecule has 6 heteroatoms. The van der Waals surface area contributed by atoms with Gasteiger partial charge in [-0.15, -0.1) is 0 Å². The molecule has 0 spiro atoms. The summed E-state index contributed by atoms with van der Waals surface area (Å²) < 4.78 is 5.15. The molecular formula is C11H18N2O4. The second-order valence-electron chi connectivity index (χ2n) is 4.90. The summed E-state index contributed by atoms with van der Waals surface area (Å²) in [6, 6.07) is -0.786. The van der Waals surface area contributed by atoms with Crippen molar-refractivity contribution in [2.75, 3.05) is 13.2 Å². The zero-order chi connectivity index (χ0) is 12.5. The third-order valence-electron chi connectivity index (χ3n) is 3.48. The van der Waals surface area contributed by atoms with Gasteiger partial charge in [-0.1, -0.05) is 0 Å². The smallest absolute Gasteiger partial charge is 0.326 e. The molecule has 6 nitrogen and oxygen atoms in total. The van der Waals surface area contributed by atoms with Crippen molar-refractivity contribution in [3.05, 3.63) is 0 Å². The van der Waals surface area contributed by atoms with Crippen LogP contribution in [0.4, 0.5) is 0 Å². The first-order valence-corrected chi connectivity index (χ1v) is 5.93. The Bertz CT molecular complexity index is 321. The van der Waals surface area contributed by atoms with Gasteiger partial charge in [0.05, 0.1) is 5.54 Å². The number of hydrogen-bond donors (Lipinski definition) is 3. The van der Waals surface area contributed by atoms with E-state index in [4.69, 9.17) is 15.6 Å². The standard InChI is InChI=1S/C11H18N2O4/c12-11(3-5-17-6-4-11)10(16)13-8(9(14)15)7-1-2-7/h7-8H,1-6,12H2,(H,13,16)(H,14,15). The van der Waals surface area contributed by atoms with E-state index in [-0.39, 0.29) is 11.8 Å². The monoisotopic (exact) mass is 242 g/mol. The summed E-state index contributed by atoms with van der Waals surface area (Å²) in [5.74, 6) is -1.27. The van der Waals surface area contributed by atoms with E-state index >= 15 is 0 Å². The summed E-state index contributed by atoms with van der Waals surface area (Å²) in [6.45, 7) is 0.899. The first kappa shape index (κ1) is 12.3. The highest BCUT2D eigenvalue weighted by atomic mass is 16.5. The molecule has 2 fully saturated rings. The fourth-order valence-corrected chi connectivity index (χ4v) is 2.06. The van der Waals surface area contributed by atoms with E-state index in [9.17, 15) is 9.59 Å². The average molecular weight is 242 g/mol. The predicted molar refractivity (Wildman–Crippen MR) is 59.3 cm³/mol. The summed E-state index contributed by atoms with van der Waals surface area (Å²) in [4.78, 5) is 23.0. The predicted octanol–water partition coefficient (Wildman–Crippen LogP) is -0.526. The lowest BCUT2D eigenvalue weighted by Crippen LogP contribution is -2.60. The molecule has 0 aromatic heterocycles. The Morgan fingerprint density at radius 3 is 2.41 bits per heavy atom. The van der Waals surface area contributed by atoms with Gasteiger partial charge >= 0.3 is 5.97 Å². The summed E-state index contributed by atoms with van der Waals surface area (Å²) in [6.07, 6.45) is 2.60. The van der Waals surface area contributed by atoms with E-state index in [0.29, 0.717) is 26.1 Å².